The lowest BCUT2D eigenvalue weighted by atomic mass is 10.00. The van der Waals surface area contributed by atoms with E-state index in [0.29, 0.717) is 37.4 Å². The minimum atomic E-state index is -0.385. The number of ether oxygens (including phenoxy) is 1. The van der Waals surface area contributed by atoms with Crippen molar-refractivity contribution in [2.24, 2.45) is 0 Å². The van der Waals surface area contributed by atoms with Gasteiger partial charge in [-0.2, -0.15) is 0 Å². The summed E-state index contributed by atoms with van der Waals surface area (Å²) in [4.78, 5) is 24.1. The second kappa shape index (κ2) is 8.49. The number of rotatable bonds is 7. The standard InChI is InChI=1S/C18H25N3O3/c1-4-14-16(17(22)24-5-2)15(21-18(23)20-14)11-19-10-13-8-6-12(3)7-9-13/h6-9,14,19H,4-5,10-11H2,1-3H3,(H2,20,21,23). The van der Waals surface area contributed by atoms with Gasteiger partial charge < -0.3 is 20.7 Å². The lowest BCUT2D eigenvalue weighted by Crippen LogP contribution is -2.51. The van der Waals surface area contributed by atoms with Crippen LogP contribution in [-0.4, -0.2) is 31.2 Å². The van der Waals surface area contributed by atoms with E-state index in [2.05, 4.69) is 40.2 Å². The zero-order valence-electron chi connectivity index (χ0n) is 14.4. The Labute approximate surface area is 142 Å². The predicted molar refractivity (Wildman–Crippen MR) is 92.3 cm³/mol. The van der Waals surface area contributed by atoms with Gasteiger partial charge in [-0.05, 0) is 25.8 Å². The van der Waals surface area contributed by atoms with E-state index in [4.69, 9.17) is 4.74 Å². The number of benzene rings is 1. The van der Waals surface area contributed by atoms with Crippen LogP contribution in [0.5, 0.6) is 0 Å². The summed E-state index contributed by atoms with van der Waals surface area (Å²) in [6.45, 7) is 7.09. The molecule has 0 fully saturated rings. The predicted octanol–water partition coefficient (Wildman–Crippen LogP) is 1.99. The van der Waals surface area contributed by atoms with Crippen LogP contribution >= 0.6 is 0 Å². The van der Waals surface area contributed by atoms with Crippen molar-refractivity contribution in [3.63, 3.8) is 0 Å². The molecule has 0 saturated carbocycles. The van der Waals surface area contributed by atoms with Crippen molar-refractivity contribution in [2.45, 2.75) is 39.8 Å². The molecule has 0 spiro atoms. The average Bonchev–Trinajstić information content (AvgIpc) is 2.56. The van der Waals surface area contributed by atoms with Gasteiger partial charge in [-0.3, -0.25) is 0 Å². The average molecular weight is 331 g/mol. The first-order valence-electron chi connectivity index (χ1n) is 8.29. The Bertz CT molecular complexity index is 623. The summed E-state index contributed by atoms with van der Waals surface area (Å²) in [6.07, 6.45) is 0.628. The lowest BCUT2D eigenvalue weighted by Gasteiger charge is -2.28. The third kappa shape index (κ3) is 4.58. The maximum Gasteiger partial charge on any atom is 0.337 e. The van der Waals surface area contributed by atoms with E-state index in [1.54, 1.807) is 6.92 Å². The van der Waals surface area contributed by atoms with Crippen LogP contribution in [0.15, 0.2) is 35.5 Å². The van der Waals surface area contributed by atoms with Crippen molar-refractivity contribution >= 4 is 12.0 Å². The molecule has 1 aromatic carbocycles. The number of esters is 1. The third-order valence-electron chi connectivity index (χ3n) is 3.90. The summed E-state index contributed by atoms with van der Waals surface area (Å²) in [5, 5.41) is 8.77. The maximum atomic E-state index is 12.3. The van der Waals surface area contributed by atoms with E-state index in [1.807, 2.05) is 13.8 Å². The Morgan fingerprint density at radius 2 is 1.92 bits per heavy atom. The van der Waals surface area contributed by atoms with Gasteiger partial charge in [-0.15, -0.1) is 0 Å². The molecule has 0 aliphatic carbocycles. The van der Waals surface area contributed by atoms with Gasteiger partial charge in [0.1, 0.15) is 0 Å². The molecule has 1 heterocycles. The summed E-state index contributed by atoms with van der Waals surface area (Å²) in [5.74, 6) is -0.385. The van der Waals surface area contributed by atoms with Crippen LogP contribution in [0.4, 0.5) is 4.79 Å². The number of nitrogens with one attached hydrogen (secondary N) is 3. The smallest absolute Gasteiger partial charge is 0.337 e. The van der Waals surface area contributed by atoms with Crippen LogP contribution in [0.2, 0.25) is 0 Å². The normalized spacial score (nSPS) is 17.3. The summed E-state index contributed by atoms with van der Waals surface area (Å²) in [6, 6.07) is 7.60. The largest absolute Gasteiger partial charge is 0.463 e. The van der Waals surface area contributed by atoms with Crippen molar-refractivity contribution in [1.82, 2.24) is 16.0 Å². The van der Waals surface area contributed by atoms with Gasteiger partial charge in [0.05, 0.1) is 18.2 Å². The zero-order valence-corrected chi connectivity index (χ0v) is 14.4. The molecule has 1 atom stereocenters. The first-order valence-corrected chi connectivity index (χ1v) is 8.29. The van der Waals surface area contributed by atoms with Gasteiger partial charge in [0.15, 0.2) is 0 Å². The van der Waals surface area contributed by atoms with Crippen molar-refractivity contribution < 1.29 is 14.3 Å². The van der Waals surface area contributed by atoms with E-state index in [-0.39, 0.29) is 18.0 Å². The van der Waals surface area contributed by atoms with Crippen molar-refractivity contribution in [3.05, 3.63) is 46.7 Å². The Morgan fingerprint density at radius 1 is 1.21 bits per heavy atom. The van der Waals surface area contributed by atoms with Gasteiger partial charge in [0, 0.05) is 18.8 Å². The number of amides is 2. The minimum Gasteiger partial charge on any atom is -0.463 e. The van der Waals surface area contributed by atoms with Crippen molar-refractivity contribution in [2.75, 3.05) is 13.2 Å². The second-order valence-corrected chi connectivity index (χ2v) is 5.76. The zero-order chi connectivity index (χ0) is 17.5. The van der Waals surface area contributed by atoms with Crippen molar-refractivity contribution in [3.8, 4) is 0 Å². The van der Waals surface area contributed by atoms with Crippen LogP contribution in [0, 0.1) is 6.92 Å². The number of carbonyl (C=O) groups excluding carboxylic acids is 2. The number of hydrogen-bond donors (Lipinski definition) is 3. The Morgan fingerprint density at radius 3 is 2.54 bits per heavy atom. The van der Waals surface area contributed by atoms with Crippen LogP contribution in [0.1, 0.15) is 31.4 Å². The van der Waals surface area contributed by atoms with Crippen LogP contribution in [-0.2, 0) is 16.1 Å². The lowest BCUT2D eigenvalue weighted by molar-refractivity contribution is -0.139. The molecule has 2 rings (SSSR count). The Balaban J connectivity index is 2.10. The Hall–Kier alpha value is -2.34. The molecule has 0 radical (unpaired) electrons. The molecule has 6 heteroatoms. The van der Waals surface area contributed by atoms with E-state index >= 15 is 0 Å². The van der Waals surface area contributed by atoms with E-state index in [0.717, 1.165) is 5.56 Å². The molecule has 1 aliphatic heterocycles. The molecular weight excluding hydrogens is 306 g/mol. The molecule has 0 saturated heterocycles. The van der Waals surface area contributed by atoms with Gasteiger partial charge in [-0.1, -0.05) is 36.8 Å². The summed E-state index contributed by atoms with van der Waals surface area (Å²) < 4.78 is 5.14. The monoisotopic (exact) mass is 331 g/mol. The number of urea groups is 1. The molecule has 1 aliphatic rings. The molecule has 130 valence electrons. The maximum absolute atomic E-state index is 12.3. The van der Waals surface area contributed by atoms with E-state index in [1.165, 1.54) is 5.56 Å². The quantitative estimate of drug-likeness (QED) is 0.668. The molecule has 2 amide bonds. The molecule has 24 heavy (non-hydrogen) atoms. The fraction of sp³-hybridized carbons (Fsp3) is 0.444. The number of aryl methyl sites for hydroxylation is 1. The van der Waals surface area contributed by atoms with E-state index in [9.17, 15) is 9.59 Å². The summed E-state index contributed by atoms with van der Waals surface area (Å²) in [5.41, 5.74) is 3.43. The highest BCUT2D eigenvalue weighted by Crippen LogP contribution is 2.16. The SMILES string of the molecule is CCOC(=O)C1=C(CNCc2ccc(C)cc2)NC(=O)NC1CC. The molecule has 0 aromatic heterocycles. The van der Waals surface area contributed by atoms with Gasteiger partial charge in [-0.25, -0.2) is 9.59 Å². The van der Waals surface area contributed by atoms with Crippen LogP contribution < -0.4 is 16.0 Å². The number of carbonyl (C=O) groups is 2. The topological polar surface area (TPSA) is 79.5 Å². The second-order valence-electron chi connectivity index (χ2n) is 5.76. The first kappa shape index (κ1) is 18.0. The molecular formula is C18H25N3O3. The molecule has 3 N–H and O–H groups in total. The number of hydrogen-bond acceptors (Lipinski definition) is 4. The van der Waals surface area contributed by atoms with Gasteiger partial charge in [0.25, 0.3) is 0 Å². The summed E-state index contributed by atoms with van der Waals surface area (Å²) in [7, 11) is 0. The van der Waals surface area contributed by atoms with Crippen LogP contribution in [0.3, 0.4) is 0 Å². The minimum absolute atomic E-state index is 0.290. The molecule has 0 bridgehead atoms. The highest BCUT2D eigenvalue weighted by Gasteiger charge is 2.31. The summed E-state index contributed by atoms with van der Waals surface area (Å²) >= 11 is 0. The molecule has 1 unspecified atom stereocenters. The van der Waals surface area contributed by atoms with Gasteiger partial charge in [0.2, 0.25) is 0 Å². The molecule has 1 aromatic rings. The highest BCUT2D eigenvalue weighted by molar-refractivity contribution is 5.94. The van der Waals surface area contributed by atoms with Gasteiger partial charge >= 0.3 is 12.0 Å². The first-order chi connectivity index (χ1) is 11.5. The molecule has 6 nitrogen and oxygen atoms in total. The fourth-order valence-electron chi connectivity index (χ4n) is 2.64. The van der Waals surface area contributed by atoms with Crippen molar-refractivity contribution in [1.29, 1.82) is 0 Å². The van der Waals surface area contributed by atoms with Crippen LogP contribution in [0.25, 0.3) is 0 Å². The fourth-order valence-corrected chi connectivity index (χ4v) is 2.64. The third-order valence-corrected chi connectivity index (χ3v) is 3.90. The Kier molecular flexibility index (Phi) is 6.37. The highest BCUT2D eigenvalue weighted by atomic mass is 16.5. The van der Waals surface area contributed by atoms with E-state index < -0.39 is 0 Å².